The lowest BCUT2D eigenvalue weighted by Gasteiger charge is -2.30. The maximum atomic E-state index is 13.8. The van der Waals surface area contributed by atoms with Crippen molar-refractivity contribution in [3.8, 4) is 0 Å². The van der Waals surface area contributed by atoms with E-state index in [0.717, 1.165) is 23.9 Å². The number of rotatable bonds is 7. The second kappa shape index (κ2) is 13.1. The van der Waals surface area contributed by atoms with E-state index in [4.69, 9.17) is 10.5 Å². The summed E-state index contributed by atoms with van der Waals surface area (Å²) < 4.78 is 31.9. The number of carbonyl (C=O) groups is 2. The molecule has 4 rings (SSSR count). The van der Waals surface area contributed by atoms with Crippen LogP contribution in [-0.4, -0.2) is 36.4 Å². The van der Waals surface area contributed by atoms with Crippen LogP contribution < -0.4 is 5.73 Å². The van der Waals surface area contributed by atoms with Crippen LogP contribution in [0.3, 0.4) is 0 Å². The van der Waals surface area contributed by atoms with Crippen molar-refractivity contribution in [2.45, 2.75) is 32.3 Å². The lowest BCUT2D eigenvalue weighted by molar-refractivity contribution is 0.0898. The molecule has 1 unspecified atom stereocenters. The number of likely N-dealkylation sites (tertiary alicyclic amines) is 1. The number of carbonyl (C=O) groups excluding carboxylic acids is 2. The lowest BCUT2D eigenvalue weighted by atomic mass is 9.94. The third kappa shape index (κ3) is 7.97. The molecule has 1 aliphatic heterocycles. The third-order valence-electron chi connectivity index (χ3n) is 6.02. The number of hydrogen-bond acceptors (Lipinski definition) is 5. The molecule has 0 radical (unpaired) electrons. The van der Waals surface area contributed by atoms with Gasteiger partial charge in [-0.05, 0) is 61.5 Å². The van der Waals surface area contributed by atoms with Gasteiger partial charge in [-0.2, -0.15) is 0 Å². The van der Waals surface area contributed by atoms with E-state index < -0.39 is 23.8 Å². The van der Waals surface area contributed by atoms with Crippen molar-refractivity contribution in [3.05, 3.63) is 93.7 Å². The summed E-state index contributed by atoms with van der Waals surface area (Å²) >= 11 is 1.55. The number of hydrogen-bond donors (Lipinski definition) is 1. The van der Waals surface area contributed by atoms with E-state index in [2.05, 4.69) is 11.8 Å². The number of amides is 1. The van der Waals surface area contributed by atoms with Crippen molar-refractivity contribution in [1.29, 1.82) is 0 Å². The van der Waals surface area contributed by atoms with E-state index in [0.29, 0.717) is 12.1 Å². The van der Waals surface area contributed by atoms with E-state index in [-0.39, 0.29) is 11.3 Å². The molecule has 1 aromatic heterocycles. The molecule has 1 atom stereocenters. The summed E-state index contributed by atoms with van der Waals surface area (Å²) in [6.07, 6.45) is 1.67. The van der Waals surface area contributed by atoms with Gasteiger partial charge in [-0.15, -0.1) is 11.3 Å². The number of halogens is 2. The van der Waals surface area contributed by atoms with Crippen LogP contribution in [0.4, 0.5) is 13.6 Å². The standard InChI is InChI=1S/C14H11F2NO2.C13H19NOS/c15-10-5-3-4-9(8-10)13(19-14(17)18)11-6-1-2-7-12(11)16;1-2-11-5-7-14(8-6-11)10-12(15)13-4-3-9-16-13/h1-8,13H,(H2,17,18);3-4,9,11H,2,5-8,10H2,1H3. The molecule has 1 amide bonds. The first kappa shape index (κ1) is 26.5. The van der Waals surface area contributed by atoms with Crippen LogP contribution in [0.2, 0.25) is 0 Å². The van der Waals surface area contributed by atoms with Crippen LogP contribution in [0, 0.1) is 17.6 Å². The summed E-state index contributed by atoms with van der Waals surface area (Å²) in [5, 5.41) is 1.97. The Balaban J connectivity index is 0.000000198. The maximum absolute atomic E-state index is 13.8. The first-order valence-electron chi connectivity index (χ1n) is 11.6. The van der Waals surface area contributed by atoms with Gasteiger partial charge < -0.3 is 10.5 Å². The maximum Gasteiger partial charge on any atom is 0.405 e. The minimum Gasteiger partial charge on any atom is -0.436 e. The molecule has 2 heterocycles. The van der Waals surface area contributed by atoms with Gasteiger partial charge in [-0.1, -0.05) is 49.7 Å². The van der Waals surface area contributed by atoms with Gasteiger partial charge in [0.2, 0.25) is 0 Å². The SMILES string of the molecule is CCC1CCN(CC(=O)c2cccs2)CC1.NC(=O)OC(c1cccc(F)c1)c1ccccc1F. The first-order chi connectivity index (χ1) is 16.9. The molecule has 5 nitrogen and oxygen atoms in total. The van der Waals surface area contributed by atoms with Crippen LogP contribution in [0.25, 0.3) is 0 Å². The van der Waals surface area contributed by atoms with E-state index >= 15 is 0 Å². The van der Waals surface area contributed by atoms with E-state index in [1.54, 1.807) is 17.4 Å². The molecule has 3 aromatic rings. The normalized spacial score (nSPS) is 15.1. The fourth-order valence-corrected chi connectivity index (χ4v) is 4.71. The van der Waals surface area contributed by atoms with Crippen LogP contribution >= 0.6 is 11.3 Å². The summed E-state index contributed by atoms with van der Waals surface area (Å²) in [6.45, 7) is 5.05. The van der Waals surface area contributed by atoms with Gasteiger partial charge in [-0.3, -0.25) is 9.69 Å². The fourth-order valence-electron chi connectivity index (χ4n) is 4.06. The molecule has 1 aliphatic rings. The number of piperidine rings is 1. The van der Waals surface area contributed by atoms with Crippen LogP contribution in [-0.2, 0) is 4.74 Å². The zero-order valence-electron chi connectivity index (χ0n) is 19.7. The van der Waals surface area contributed by atoms with Gasteiger partial charge in [0.05, 0.1) is 11.4 Å². The van der Waals surface area contributed by atoms with Crippen LogP contribution in [0.1, 0.15) is 53.1 Å². The molecule has 0 spiro atoms. The summed E-state index contributed by atoms with van der Waals surface area (Å²) in [6, 6.07) is 15.0. The second-order valence-electron chi connectivity index (χ2n) is 8.42. The zero-order valence-corrected chi connectivity index (χ0v) is 20.5. The van der Waals surface area contributed by atoms with Gasteiger partial charge in [0.25, 0.3) is 0 Å². The molecule has 2 aromatic carbocycles. The van der Waals surface area contributed by atoms with Gasteiger partial charge >= 0.3 is 6.09 Å². The Kier molecular flexibility index (Phi) is 9.93. The number of ether oxygens (including phenoxy) is 1. The molecule has 186 valence electrons. The topological polar surface area (TPSA) is 72.6 Å². The lowest BCUT2D eigenvalue weighted by Crippen LogP contribution is -2.37. The van der Waals surface area contributed by atoms with Crippen molar-refractivity contribution in [1.82, 2.24) is 4.90 Å². The summed E-state index contributed by atoms with van der Waals surface area (Å²) in [5.41, 5.74) is 5.41. The Morgan fingerprint density at radius 2 is 1.83 bits per heavy atom. The van der Waals surface area contributed by atoms with Crippen molar-refractivity contribution in [2.24, 2.45) is 11.7 Å². The average Bonchev–Trinajstić information content (AvgIpc) is 3.39. The number of nitrogens with zero attached hydrogens (tertiary/aromatic N) is 1. The van der Waals surface area contributed by atoms with Crippen molar-refractivity contribution < 1.29 is 23.1 Å². The van der Waals surface area contributed by atoms with Gasteiger partial charge in [0.1, 0.15) is 11.6 Å². The highest BCUT2D eigenvalue weighted by atomic mass is 32.1. The molecule has 35 heavy (non-hydrogen) atoms. The van der Waals surface area contributed by atoms with E-state index in [9.17, 15) is 18.4 Å². The Morgan fingerprint density at radius 1 is 1.09 bits per heavy atom. The number of Topliss-reactive ketones (excluding diaryl/α,β-unsaturated/α-hetero) is 1. The molecule has 0 saturated carbocycles. The fraction of sp³-hybridized carbons (Fsp3) is 0.333. The Morgan fingerprint density at radius 3 is 2.43 bits per heavy atom. The minimum absolute atomic E-state index is 0.118. The molecule has 1 fully saturated rings. The number of benzene rings is 2. The zero-order chi connectivity index (χ0) is 25.2. The van der Waals surface area contributed by atoms with E-state index in [1.165, 1.54) is 61.7 Å². The smallest absolute Gasteiger partial charge is 0.405 e. The predicted molar refractivity (Wildman–Crippen MR) is 133 cm³/mol. The van der Waals surface area contributed by atoms with Crippen molar-refractivity contribution in [3.63, 3.8) is 0 Å². The van der Waals surface area contributed by atoms with Crippen molar-refractivity contribution >= 4 is 23.2 Å². The van der Waals surface area contributed by atoms with Gasteiger partial charge in [-0.25, -0.2) is 13.6 Å². The molecular weight excluding hydrogens is 470 g/mol. The molecule has 0 aliphatic carbocycles. The average molecular weight is 501 g/mol. The molecule has 8 heteroatoms. The Bertz CT molecular complexity index is 1100. The Hall–Kier alpha value is -3.10. The minimum atomic E-state index is -1.07. The molecule has 2 N–H and O–H groups in total. The quantitative estimate of drug-likeness (QED) is 0.392. The Labute approximate surface area is 208 Å². The number of primary amides is 1. The summed E-state index contributed by atoms with van der Waals surface area (Å²) in [5.74, 6) is 0.1000. The number of thiophene rings is 1. The highest BCUT2D eigenvalue weighted by Gasteiger charge is 2.22. The summed E-state index contributed by atoms with van der Waals surface area (Å²) in [4.78, 5) is 26.0. The largest absolute Gasteiger partial charge is 0.436 e. The highest BCUT2D eigenvalue weighted by Crippen LogP contribution is 2.28. The van der Waals surface area contributed by atoms with E-state index in [1.807, 2.05) is 17.5 Å². The number of nitrogens with two attached hydrogens (primary N) is 1. The van der Waals surface area contributed by atoms with Crippen LogP contribution in [0.15, 0.2) is 66.0 Å². The highest BCUT2D eigenvalue weighted by molar-refractivity contribution is 7.12. The monoisotopic (exact) mass is 500 g/mol. The van der Waals surface area contributed by atoms with Gasteiger partial charge in [0.15, 0.2) is 11.9 Å². The molecule has 1 saturated heterocycles. The molecule has 0 bridgehead atoms. The second-order valence-corrected chi connectivity index (χ2v) is 9.37. The van der Waals surface area contributed by atoms with Gasteiger partial charge in [0, 0.05) is 11.1 Å². The predicted octanol–water partition coefficient (Wildman–Crippen LogP) is 6.20. The van der Waals surface area contributed by atoms with Crippen LogP contribution in [0.5, 0.6) is 0 Å². The third-order valence-corrected chi connectivity index (χ3v) is 6.93. The summed E-state index contributed by atoms with van der Waals surface area (Å²) in [7, 11) is 0. The van der Waals surface area contributed by atoms with Crippen molar-refractivity contribution in [2.75, 3.05) is 19.6 Å². The first-order valence-corrected chi connectivity index (χ1v) is 12.5. The number of ketones is 1. The molecular formula is C27H30F2N2O3S.